The monoisotopic (exact) mass is 240 g/mol. The van der Waals surface area contributed by atoms with Gasteiger partial charge >= 0.3 is 0 Å². The zero-order chi connectivity index (χ0) is 12.8. The number of unbranched alkanes of at least 4 members (excludes halogenated alkanes) is 1. The van der Waals surface area contributed by atoms with Gasteiger partial charge in [0.1, 0.15) is 11.5 Å². The van der Waals surface area contributed by atoms with Gasteiger partial charge in [0, 0.05) is 0 Å². The largest absolute Gasteiger partial charge is 0.462 e. The fraction of sp³-hybridized carbons (Fsp3) is 0.294. The minimum atomic E-state index is 0.973. The molecule has 2 rings (SSSR count). The first-order valence-corrected chi connectivity index (χ1v) is 6.62. The van der Waals surface area contributed by atoms with Gasteiger partial charge in [0.05, 0.1) is 0 Å². The van der Waals surface area contributed by atoms with Crippen molar-refractivity contribution in [3.05, 3.63) is 59.5 Å². The molecule has 0 aliphatic heterocycles. The van der Waals surface area contributed by atoms with Gasteiger partial charge in [-0.05, 0) is 49.1 Å². The zero-order valence-corrected chi connectivity index (χ0v) is 11.1. The molecule has 1 heteroatoms. The van der Waals surface area contributed by atoms with Crippen LogP contribution in [-0.4, -0.2) is 0 Å². The summed E-state index contributed by atoms with van der Waals surface area (Å²) in [7, 11) is 0. The lowest BCUT2D eigenvalue weighted by molar-refractivity contribution is 0.518. The molecule has 0 radical (unpaired) electrons. The maximum absolute atomic E-state index is 5.75. The van der Waals surface area contributed by atoms with E-state index in [4.69, 9.17) is 4.42 Å². The molecule has 94 valence electrons. The van der Waals surface area contributed by atoms with Gasteiger partial charge in [-0.2, -0.15) is 0 Å². The second kappa shape index (κ2) is 6.25. The summed E-state index contributed by atoms with van der Waals surface area (Å²) in [5.74, 6) is 1.98. The highest BCUT2D eigenvalue weighted by Gasteiger charge is 2.06. The molecule has 0 unspecified atom stereocenters. The molecule has 1 heterocycles. The Labute approximate surface area is 109 Å². The highest BCUT2D eigenvalue weighted by Crippen LogP contribution is 2.25. The van der Waals surface area contributed by atoms with Gasteiger partial charge in [-0.1, -0.05) is 43.7 Å². The average Bonchev–Trinajstić information content (AvgIpc) is 2.82. The first-order valence-electron chi connectivity index (χ1n) is 6.62. The van der Waals surface area contributed by atoms with Crippen LogP contribution < -0.4 is 0 Å². The summed E-state index contributed by atoms with van der Waals surface area (Å²) >= 11 is 0. The van der Waals surface area contributed by atoms with E-state index in [1.165, 1.54) is 24.0 Å². The van der Waals surface area contributed by atoms with E-state index in [-0.39, 0.29) is 0 Å². The van der Waals surface area contributed by atoms with E-state index in [1.807, 2.05) is 19.1 Å². The van der Waals surface area contributed by atoms with Crippen LogP contribution in [-0.2, 0) is 0 Å². The molecule has 18 heavy (non-hydrogen) atoms. The van der Waals surface area contributed by atoms with Gasteiger partial charge in [-0.25, -0.2) is 0 Å². The molecule has 2 aromatic rings. The molecule has 0 saturated carbocycles. The van der Waals surface area contributed by atoms with Crippen molar-refractivity contribution < 1.29 is 4.42 Å². The maximum Gasteiger partial charge on any atom is 0.130 e. The van der Waals surface area contributed by atoms with Gasteiger partial charge in [0.2, 0.25) is 0 Å². The summed E-state index contributed by atoms with van der Waals surface area (Å²) in [6, 6.07) is 14.5. The predicted octanol–water partition coefficient (Wildman–Crippen LogP) is 5.32. The van der Waals surface area contributed by atoms with Crippen LogP contribution in [0.25, 0.3) is 11.6 Å². The van der Waals surface area contributed by atoms with Crippen LogP contribution in [0.4, 0.5) is 0 Å². The first kappa shape index (κ1) is 12.7. The lowest BCUT2D eigenvalue weighted by atomic mass is 10.0. The number of allylic oxidation sites excluding steroid dienone is 1. The Bertz CT molecular complexity index is 505. The van der Waals surface area contributed by atoms with Crippen molar-refractivity contribution in [3.8, 4) is 0 Å². The molecule has 1 nitrogen and oxygen atoms in total. The number of aryl methyl sites for hydroxylation is 1. The second-order valence-corrected chi connectivity index (χ2v) is 4.59. The topological polar surface area (TPSA) is 13.1 Å². The first-order chi connectivity index (χ1) is 8.79. The van der Waals surface area contributed by atoms with Crippen molar-refractivity contribution >= 4 is 11.6 Å². The summed E-state index contributed by atoms with van der Waals surface area (Å²) in [5.41, 5.74) is 2.52. The molecule has 0 aliphatic rings. The second-order valence-electron chi connectivity index (χ2n) is 4.59. The van der Waals surface area contributed by atoms with Gasteiger partial charge in [-0.3, -0.25) is 0 Å². The van der Waals surface area contributed by atoms with Crippen molar-refractivity contribution in [2.45, 2.75) is 33.1 Å². The predicted molar refractivity (Wildman–Crippen MR) is 77.3 cm³/mol. The minimum absolute atomic E-state index is 0.973. The molecule has 0 aliphatic carbocycles. The molecule has 1 aromatic heterocycles. The minimum Gasteiger partial charge on any atom is -0.462 e. The Balaban J connectivity index is 2.27. The molecule has 0 bridgehead atoms. The Morgan fingerprint density at radius 3 is 2.50 bits per heavy atom. The third kappa shape index (κ3) is 3.36. The van der Waals surface area contributed by atoms with E-state index in [2.05, 4.69) is 43.3 Å². The Morgan fingerprint density at radius 1 is 1.11 bits per heavy atom. The van der Waals surface area contributed by atoms with Crippen LogP contribution in [0.5, 0.6) is 0 Å². The van der Waals surface area contributed by atoms with Crippen molar-refractivity contribution in [2.24, 2.45) is 0 Å². The average molecular weight is 240 g/mol. The van der Waals surface area contributed by atoms with Crippen molar-refractivity contribution in [3.63, 3.8) is 0 Å². The molecule has 0 saturated heterocycles. The molecule has 0 atom stereocenters. The normalized spacial score (nSPS) is 11.8. The molecule has 0 N–H and O–H groups in total. The van der Waals surface area contributed by atoms with Crippen LogP contribution >= 0.6 is 0 Å². The lowest BCUT2D eigenvalue weighted by Gasteiger charge is -2.04. The Hall–Kier alpha value is -1.76. The van der Waals surface area contributed by atoms with E-state index >= 15 is 0 Å². The standard InChI is InChI=1S/C17H20O/c1-3-4-10-16(17-12-11-14(2)18-17)13-15-8-6-5-7-9-15/h5-9,11-13H,3-4,10H2,1-2H3/b16-13-. The van der Waals surface area contributed by atoms with Crippen LogP contribution in [0.3, 0.4) is 0 Å². The Morgan fingerprint density at radius 2 is 1.89 bits per heavy atom. The summed E-state index contributed by atoms with van der Waals surface area (Å²) in [5, 5.41) is 0. The molecule has 1 aromatic carbocycles. The molecule has 0 fully saturated rings. The highest BCUT2D eigenvalue weighted by atomic mass is 16.3. The van der Waals surface area contributed by atoms with Crippen LogP contribution in [0.15, 0.2) is 46.9 Å². The molecule has 0 spiro atoms. The number of rotatable bonds is 5. The van der Waals surface area contributed by atoms with Crippen LogP contribution in [0, 0.1) is 6.92 Å². The van der Waals surface area contributed by atoms with E-state index in [0.717, 1.165) is 17.9 Å². The van der Waals surface area contributed by atoms with Crippen molar-refractivity contribution in [1.82, 2.24) is 0 Å². The smallest absolute Gasteiger partial charge is 0.130 e. The quantitative estimate of drug-likeness (QED) is 0.689. The highest BCUT2D eigenvalue weighted by molar-refractivity contribution is 5.79. The van der Waals surface area contributed by atoms with Crippen LogP contribution in [0.2, 0.25) is 0 Å². The summed E-state index contributed by atoms with van der Waals surface area (Å²) < 4.78 is 5.75. The summed E-state index contributed by atoms with van der Waals surface area (Å²) in [6.45, 7) is 4.21. The van der Waals surface area contributed by atoms with Gasteiger partial charge in [0.25, 0.3) is 0 Å². The zero-order valence-electron chi connectivity index (χ0n) is 11.1. The number of furan rings is 1. The third-order valence-corrected chi connectivity index (χ3v) is 3.00. The van der Waals surface area contributed by atoms with Gasteiger partial charge in [-0.15, -0.1) is 0 Å². The number of hydrogen-bond donors (Lipinski definition) is 0. The molecular formula is C17H20O. The van der Waals surface area contributed by atoms with E-state index < -0.39 is 0 Å². The fourth-order valence-electron chi connectivity index (χ4n) is 1.99. The number of benzene rings is 1. The van der Waals surface area contributed by atoms with E-state index in [9.17, 15) is 0 Å². The van der Waals surface area contributed by atoms with E-state index in [1.54, 1.807) is 0 Å². The van der Waals surface area contributed by atoms with Crippen LogP contribution in [0.1, 0.15) is 43.3 Å². The van der Waals surface area contributed by atoms with E-state index in [0.29, 0.717) is 0 Å². The summed E-state index contributed by atoms with van der Waals surface area (Å²) in [6.07, 6.45) is 5.69. The fourth-order valence-corrected chi connectivity index (χ4v) is 1.99. The lowest BCUT2D eigenvalue weighted by Crippen LogP contribution is -1.83. The molecule has 0 amide bonds. The maximum atomic E-state index is 5.75. The van der Waals surface area contributed by atoms with Gasteiger partial charge < -0.3 is 4.42 Å². The summed E-state index contributed by atoms with van der Waals surface area (Å²) in [4.78, 5) is 0. The molecular weight excluding hydrogens is 220 g/mol. The SMILES string of the molecule is CCCC/C(=C/c1ccccc1)c1ccc(C)o1. The van der Waals surface area contributed by atoms with Crippen molar-refractivity contribution in [2.75, 3.05) is 0 Å². The number of hydrogen-bond acceptors (Lipinski definition) is 1. The van der Waals surface area contributed by atoms with Crippen molar-refractivity contribution in [1.29, 1.82) is 0 Å². The third-order valence-electron chi connectivity index (χ3n) is 3.00. The van der Waals surface area contributed by atoms with Gasteiger partial charge in [0.15, 0.2) is 0 Å². The Kier molecular flexibility index (Phi) is 4.40.